The van der Waals surface area contributed by atoms with E-state index in [1.807, 2.05) is 24.3 Å². The Bertz CT molecular complexity index is 831. The lowest BCUT2D eigenvalue weighted by atomic mass is 9.89. The Balaban J connectivity index is 1.81. The average molecular weight is 343 g/mol. The van der Waals surface area contributed by atoms with Crippen LogP contribution in [-0.4, -0.2) is 66.7 Å². The van der Waals surface area contributed by atoms with Crippen LogP contribution in [0.15, 0.2) is 24.3 Å². The molecular weight excluding hydrogens is 322 g/mol. The maximum absolute atomic E-state index is 12.7. The molecule has 132 valence electrons. The number of ether oxygens (including phenoxy) is 2. The van der Waals surface area contributed by atoms with E-state index in [-0.39, 0.29) is 37.8 Å². The second-order valence-corrected chi connectivity index (χ2v) is 6.57. The van der Waals surface area contributed by atoms with Crippen LogP contribution in [0, 0.1) is 0 Å². The third kappa shape index (κ3) is 2.51. The molecular formula is C18H21N3O4. The third-order valence-electron chi connectivity index (χ3n) is 5.05. The topological polar surface area (TPSA) is 74.9 Å². The van der Waals surface area contributed by atoms with E-state index < -0.39 is 6.04 Å². The first-order valence-corrected chi connectivity index (χ1v) is 8.34. The number of para-hydroxylation sites is 1. The molecule has 2 aliphatic heterocycles. The Hall–Kier alpha value is -2.38. The number of rotatable bonds is 4. The van der Waals surface area contributed by atoms with Gasteiger partial charge in [-0.15, -0.1) is 0 Å². The molecule has 1 saturated heterocycles. The van der Waals surface area contributed by atoms with Gasteiger partial charge in [0.1, 0.15) is 12.8 Å². The van der Waals surface area contributed by atoms with Crippen molar-refractivity contribution in [1.29, 1.82) is 0 Å². The van der Waals surface area contributed by atoms with Crippen LogP contribution in [0.4, 0.5) is 0 Å². The van der Waals surface area contributed by atoms with Crippen molar-refractivity contribution < 1.29 is 19.1 Å². The number of nitrogens with one attached hydrogen (secondary N) is 1. The lowest BCUT2D eigenvalue weighted by molar-refractivity contribution is -0.161. The zero-order valence-corrected chi connectivity index (χ0v) is 14.3. The van der Waals surface area contributed by atoms with Crippen molar-refractivity contribution in [3.63, 3.8) is 0 Å². The van der Waals surface area contributed by atoms with Crippen molar-refractivity contribution in [2.24, 2.45) is 0 Å². The van der Waals surface area contributed by atoms with E-state index >= 15 is 0 Å². The minimum atomic E-state index is -0.478. The van der Waals surface area contributed by atoms with Gasteiger partial charge in [-0.3, -0.25) is 9.59 Å². The number of amides is 2. The van der Waals surface area contributed by atoms with Gasteiger partial charge in [-0.1, -0.05) is 18.2 Å². The van der Waals surface area contributed by atoms with Crippen LogP contribution in [0.5, 0.6) is 0 Å². The number of methoxy groups -OCH3 is 1. The highest BCUT2D eigenvalue weighted by Crippen LogP contribution is 2.39. The molecule has 0 bridgehead atoms. The largest absolute Gasteiger partial charge is 0.359 e. The normalized spacial score (nSPS) is 23.1. The van der Waals surface area contributed by atoms with Gasteiger partial charge in [0.2, 0.25) is 11.8 Å². The van der Waals surface area contributed by atoms with E-state index in [1.54, 1.807) is 19.1 Å². The summed E-state index contributed by atoms with van der Waals surface area (Å²) in [6, 6.07) is 7.22. The van der Waals surface area contributed by atoms with Crippen molar-refractivity contribution >= 4 is 22.7 Å². The summed E-state index contributed by atoms with van der Waals surface area (Å²) in [6.45, 7) is 0.533. The molecule has 2 unspecified atom stereocenters. The first kappa shape index (κ1) is 16.1. The zero-order valence-electron chi connectivity index (χ0n) is 14.3. The molecule has 4 rings (SSSR count). The van der Waals surface area contributed by atoms with Gasteiger partial charge in [-0.25, -0.2) is 0 Å². The van der Waals surface area contributed by atoms with E-state index in [0.717, 1.165) is 22.2 Å². The number of nitrogens with zero attached hydrogens (tertiary/aromatic N) is 2. The highest BCUT2D eigenvalue weighted by molar-refractivity contribution is 5.97. The van der Waals surface area contributed by atoms with Gasteiger partial charge in [-0.2, -0.15) is 0 Å². The summed E-state index contributed by atoms with van der Waals surface area (Å²) in [7, 11) is 3.24. The van der Waals surface area contributed by atoms with Gasteiger partial charge >= 0.3 is 0 Å². The number of likely N-dealkylation sites (N-methyl/N-ethyl adjacent to an activating group) is 1. The van der Waals surface area contributed by atoms with Crippen molar-refractivity contribution in [1.82, 2.24) is 14.8 Å². The van der Waals surface area contributed by atoms with Crippen LogP contribution in [0.25, 0.3) is 10.9 Å². The molecule has 7 heteroatoms. The molecule has 1 N–H and O–H groups in total. The molecule has 25 heavy (non-hydrogen) atoms. The molecule has 0 spiro atoms. The molecule has 2 atom stereocenters. The Kier molecular flexibility index (Phi) is 3.97. The molecule has 0 saturated carbocycles. The number of aromatic nitrogens is 1. The number of H-pyrrole nitrogens is 1. The van der Waals surface area contributed by atoms with E-state index in [9.17, 15) is 9.59 Å². The number of benzene rings is 1. The SMILES string of the molecule is COCOCC1c2[nH]c3ccccc3c2CC2C(=O)N(C)CC(=O)N21. The highest BCUT2D eigenvalue weighted by atomic mass is 16.7. The summed E-state index contributed by atoms with van der Waals surface area (Å²) in [5, 5.41) is 1.10. The van der Waals surface area contributed by atoms with Crippen molar-refractivity contribution in [3.8, 4) is 0 Å². The molecule has 0 radical (unpaired) electrons. The quantitative estimate of drug-likeness (QED) is 0.665. The summed E-state index contributed by atoms with van der Waals surface area (Å²) < 4.78 is 10.5. The van der Waals surface area contributed by atoms with Gasteiger partial charge in [0.05, 0.1) is 19.2 Å². The number of fused-ring (bicyclic) bond motifs is 4. The van der Waals surface area contributed by atoms with Crippen LogP contribution >= 0.6 is 0 Å². The minimum absolute atomic E-state index is 0.0210. The Labute approximate surface area is 145 Å². The molecule has 1 aromatic heterocycles. The predicted octanol–water partition coefficient (Wildman–Crippen LogP) is 1.05. The number of hydrogen-bond donors (Lipinski definition) is 1. The molecule has 3 heterocycles. The van der Waals surface area contributed by atoms with Crippen LogP contribution in [0.2, 0.25) is 0 Å². The van der Waals surface area contributed by atoms with Crippen LogP contribution in [-0.2, 0) is 25.5 Å². The summed E-state index contributed by atoms with van der Waals surface area (Å²) in [5.74, 6) is -0.0744. The lowest BCUT2D eigenvalue weighted by Gasteiger charge is -2.45. The number of piperazine rings is 1. The molecule has 7 nitrogen and oxygen atoms in total. The fourth-order valence-corrected chi connectivity index (χ4v) is 3.95. The third-order valence-corrected chi connectivity index (χ3v) is 5.05. The van der Waals surface area contributed by atoms with Crippen molar-refractivity contribution in [2.75, 3.05) is 34.1 Å². The summed E-state index contributed by atoms with van der Waals surface area (Å²) in [5.41, 5.74) is 3.07. The predicted molar refractivity (Wildman–Crippen MR) is 90.8 cm³/mol. The average Bonchev–Trinajstić information content (AvgIpc) is 2.98. The molecule has 2 aromatic rings. The monoisotopic (exact) mass is 343 g/mol. The molecule has 1 aromatic carbocycles. The van der Waals surface area contributed by atoms with Gasteiger partial charge in [0, 0.05) is 37.2 Å². The Morgan fingerprint density at radius 2 is 2.08 bits per heavy atom. The first-order chi connectivity index (χ1) is 12.1. The lowest BCUT2D eigenvalue weighted by Crippen LogP contribution is -2.62. The fourth-order valence-electron chi connectivity index (χ4n) is 3.95. The molecule has 2 aliphatic rings. The second kappa shape index (κ2) is 6.16. The first-order valence-electron chi connectivity index (χ1n) is 8.34. The maximum Gasteiger partial charge on any atom is 0.245 e. The number of hydrogen-bond acceptors (Lipinski definition) is 4. The summed E-state index contributed by atoms with van der Waals surface area (Å²) in [4.78, 5) is 32.0. The Morgan fingerprint density at radius 3 is 2.88 bits per heavy atom. The molecule has 2 amide bonds. The van der Waals surface area contributed by atoms with Gasteiger partial charge in [-0.05, 0) is 11.6 Å². The summed E-state index contributed by atoms with van der Waals surface area (Å²) in [6.07, 6.45) is 0.523. The van der Waals surface area contributed by atoms with Crippen LogP contribution in [0.1, 0.15) is 17.3 Å². The van der Waals surface area contributed by atoms with Crippen molar-refractivity contribution in [2.45, 2.75) is 18.5 Å². The van der Waals surface area contributed by atoms with E-state index in [1.165, 1.54) is 4.90 Å². The van der Waals surface area contributed by atoms with E-state index in [0.29, 0.717) is 6.42 Å². The Morgan fingerprint density at radius 1 is 1.28 bits per heavy atom. The summed E-state index contributed by atoms with van der Waals surface area (Å²) >= 11 is 0. The van der Waals surface area contributed by atoms with E-state index in [4.69, 9.17) is 9.47 Å². The number of aromatic amines is 1. The van der Waals surface area contributed by atoms with Gasteiger partial charge in [0.15, 0.2) is 0 Å². The maximum atomic E-state index is 12.7. The number of carbonyl (C=O) groups is 2. The van der Waals surface area contributed by atoms with Gasteiger partial charge in [0.25, 0.3) is 0 Å². The highest BCUT2D eigenvalue weighted by Gasteiger charge is 2.46. The second-order valence-electron chi connectivity index (χ2n) is 6.57. The zero-order chi connectivity index (χ0) is 17.6. The molecule has 1 fully saturated rings. The fraction of sp³-hybridized carbons (Fsp3) is 0.444. The van der Waals surface area contributed by atoms with Gasteiger partial charge < -0.3 is 24.3 Å². The van der Waals surface area contributed by atoms with Crippen molar-refractivity contribution in [3.05, 3.63) is 35.5 Å². The standard InChI is InChI=1S/C18H21N3O4/c1-20-8-16(22)21-14(18(20)23)7-12-11-5-3-4-6-13(11)19-17(12)15(21)9-25-10-24-2/h3-6,14-15,19H,7-10H2,1-2H3. The minimum Gasteiger partial charge on any atom is -0.359 e. The molecule has 0 aliphatic carbocycles. The number of carbonyl (C=O) groups excluding carboxylic acids is 2. The smallest absolute Gasteiger partial charge is 0.245 e. The van der Waals surface area contributed by atoms with Crippen LogP contribution in [0.3, 0.4) is 0 Å². The van der Waals surface area contributed by atoms with E-state index in [2.05, 4.69) is 4.98 Å². The van der Waals surface area contributed by atoms with Crippen LogP contribution < -0.4 is 0 Å².